The second-order valence-electron chi connectivity index (χ2n) is 4.67. The van der Waals surface area contributed by atoms with Crippen LogP contribution in [0.2, 0.25) is 0 Å². The zero-order valence-electron chi connectivity index (χ0n) is 12.2. The highest BCUT2D eigenvalue weighted by atomic mass is 79.9. The highest BCUT2D eigenvalue weighted by Gasteiger charge is 2.11. The molecule has 0 unspecified atom stereocenters. The second-order valence-corrected chi connectivity index (χ2v) is 5.23. The van der Waals surface area contributed by atoms with Crippen molar-refractivity contribution in [1.29, 1.82) is 0 Å². The van der Waals surface area contributed by atoms with Crippen LogP contribution in [0.15, 0.2) is 48.5 Å². The Labute approximate surface area is 142 Å². The number of Topliss-reactive ketones (excluding diaryl/α,β-unsaturated/α-hetero) is 1. The molecule has 1 N–H and O–H groups in total. The maximum atomic E-state index is 11.6. The number of hydrogen-bond donors (Lipinski definition) is 1. The Kier molecular flexibility index (Phi) is 6.17. The number of carbonyl (C=O) groups is 2. The molecule has 23 heavy (non-hydrogen) atoms. The van der Waals surface area contributed by atoms with E-state index in [4.69, 9.17) is 9.47 Å². The lowest BCUT2D eigenvalue weighted by Crippen LogP contribution is -2.14. The van der Waals surface area contributed by atoms with Gasteiger partial charge in [0, 0.05) is 6.07 Å². The van der Waals surface area contributed by atoms with Gasteiger partial charge in [-0.2, -0.15) is 0 Å². The van der Waals surface area contributed by atoms with Gasteiger partial charge in [0.2, 0.25) is 0 Å². The smallest absolute Gasteiger partial charge is 0.344 e. The first kappa shape index (κ1) is 17.0. The van der Waals surface area contributed by atoms with Crippen LogP contribution in [0.5, 0.6) is 11.5 Å². The minimum atomic E-state index is -0.519. The Morgan fingerprint density at radius 1 is 1.09 bits per heavy atom. The normalized spacial score (nSPS) is 10.1. The van der Waals surface area contributed by atoms with Gasteiger partial charge in [0.25, 0.3) is 0 Å². The number of halogens is 1. The van der Waals surface area contributed by atoms with Gasteiger partial charge in [0.1, 0.15) is 18.1 Å². The summed E-state index contributed by atoms with van der Waals surface area (Å²) in [4.78, 5) is 23.1. The Bertz CT molecular complexity index is 685. The van der Waals surface area contributed by atoms with Crippen molar-refractivity contribution in [2.75, 3.05) is 11.9 Å². The molecule has 0 radical (unpaired) electrons. The monoisotopic (exact) mass is 378 g/mol. The van der Waals surface area contributed by atoms with Gasteiger partial charge in [-0.1, -0.05) is 46.3 Å². The molecule has 0 aliphatic heterocycles. The largest absolute Gasteiger partial charge is 0.507 e. The third-order valence-corrected chi connectivity index (χ3v) is 3.50. The second kappa shape index (κ2) is 8.33. The standard InChI is InChI=1S/C17H15BrO5/c18-9-16(20)14-7-6-13(8-15(14)19)22-11-17(21)23-10-12-4-2-1-3-5-12/h1-8,19H,9-11H2. The summed E-state index contributed by atoms with van der Waals surface area (Å²) in [7, 11) is 0. The number of aromatic hydroxyl groups is 1. The fourth-order valence-corrected chi connectivity index (χ4v) is 2.13. The van der Waals surface area contributed by atoms with E-state index in [0.717, 1.165) is 5.56 Å². The molecule has 6 heteroatoms. The SMILES string of the molecule is O=C(COc1ccc(C(=O)CBr)c(O)c1)OCc1ccccc1. The van der Waals surface area contributed by atoms with Crippen molar-refractivity contribution in [2.45, 2.75) is 6.61 Å². The maximum Gasteiger partial charge on any atom is 0.344 e. The Balaban J connectivity index is 1.84. The first-order valence-electron chi connectivity index (χ1n) is 6.84. The number of ketones is 1. The summed E-state index contributed by atoms with van der Waals surface area (Å²) in [6.07, 6.45) is 0. The van der Waals surface area contributed by atoms with Crippen molar-refractivity contribution in [1.82, 2.24) is 0 Å². The predicted octanol–water partition coefficient (Wildman–Crippen LogP) is 3.09. The van der Waals surface area contributed by atoms with Crippen molar-refractivity contribution >= 4 is 27.7 Å². The number of benzene rings is 2. The average Bonchev–Trinajstić information content (AvgIpc) is 2.58. The van der Waals surface area contributed by atoms with Gasteiger partial charge in [0.05, 0.1) is 10.9 Å². The molecule has 0 heterocycles. The van der Waals surface area contributed by atoms with Gasteiger partial charge in [0.15, 0.2) is 12.4 Å². The Morgan fingerprint density at radius 3 is 2.48 bits per heavy atom. The maximum absolute atomic E-state index is 11.6. The average molecular weight is 379 g/mol. The van der Waals surface area contributed by atoms with Crippen molar-refractivity contribution in [3.05, 3.63) is 59.7 Å². The number of alkyl halides is 1. The van der Waals surface area contributed by atoms with Crippen LogP contribution in [-0.2, 0) is 16.1 Å². The lowest BCUT2D eigenvalue weighted by atomic mass is 10.1. The number of ether oxygens (including phenoxy) is 2. The topological polar surface area (TPSA) is 72.8 Å². The third-order valence-electron chi connectivity index (χ3n) is 2.99. The lowest BCUT2D eigenvalue weighted by molar-refractivity contribution is -0.147. The number of carbonyl (C=O) groups excluding carboxylic acids is 2. The van der Waals surface area contributed by atoms with Gasteiger partial charge in [-0.3, -0.25) is 4.79 Å². The molecule has 0 bridgehead atoms. The van der Waals surface area contributed by atoms with E-state index in [1.54, 1.807) is 0 Å². The number of rotatable bonds is 7. The zero-order valence-corrected chi connectivity index (χ0v) is 13.8. The van der Waals surface area contributed by atoms with Gasteiger partial charge < -0.3 is 14.6 Å². The number of hydrogen-bond acceptors (Lipinski definition) is 5. The molecule has 0 saturated carbocycles. The first-order chi connectivity index (χ1) is 11.1. The van der Waals surface area contributed by atoms with Gasteiger partial charge in [-0.15, -0.1) is 0 Å². The molecule has 0 saturated heterocycles. The van der Waals surface area contributed by atoms with Crippen LogP contribution in [0.4, 0.5) is 0 Å². The van der Waals surface area contributed by atoms with Crippen LogP contribution < -0.4 is 4.74 Å². The highest BCUT2D eigenvalue weighted by Crippen LogP contribution is 2.24. The molecule has 2 aromatic rings. The third kappa shape index (κ3) is 5.10. The van der Waals surface area contributed by atoms with E-state index in [2.05, 4.69) is 15.9 Å². The Hall–Kier alpha value is -2.34. The number of phenolic OH excluding ortho intramolecular Hbond substituents is 1. The van der Waals surface area contributed by atoms with Gasteiger partial charge in [-0.25, -0.2) is 4.79 Å². The quantitative estimate of drug-likeness (QED) is 0.455. The fourth-order valence-electron chi connectivity index (χ4n) is 1.83. The van der Waals surface area contributed by atoms with Gasteiger partial charge in [-0.05, 0) is 17.7 Å². The molecule has 0 aliphatic carbocycles. The van der Waals surface area contributed by atoms with Crippen LogP contribution in [0, 0.1) is 0 Å². The summed E-state index contributed by atoms with van der Waals surface area (Å²) in [5.74, 6) is -0.667. The number of phenols is 1. The molecule has 5 nitrogen and oxygen atoms in total. The Morgan fingerprint density at radius 2 is 1.83 bits per heavy atom. The van der Waals surface area contributed by atoms with E-state index in [1.165, 1.54) is 18.2 Å². The molecule has 120 valence electrons. The highest BCUT2D eigenvalue weighted by molar-refractivity contribution is 9.09. The molecule has 0 fully saturated rings. The summed E-state index contributed by atoms with van der Waals surface area (Å²) in [5.41, 5.74) is 1.08. The molecule has 0 spiro atoms. The zero-order chi connectivity index (χ0) is 16.7. The molecular formula is C17H15BrO5. The van der Waals surface area contributed by atoms with Crippen molar-refractivity contribution < 1.29 is 24.2 Å². The molecule has 2 aromatic carbocycles. The van der Waals surface area contributed by atoms with E-state index in [1.807, 2.05) is 30.3 Å². The van der Waals surface area contributed by atoms with E-state index in [9.17, 15) is 14.7 Å². The van der Waals surface area contributed by atoms with Crippen molar-refractivity contribution in [3.63, 3.8) is 0 Å². The lowest BCUT2D eigenvalue weighted by Gasteiger charge is -2.09. The summed E-state index contributed by atoms with van der Waals surface area (Å²) in [6.45, 7) is -0.106. The van der Waals surface area contributed by atoms with Crippen LogP contribution in [0.1, 0.15) is 15.9 Å². The summed E-state index contributed by atoms with van der Waals surface area (Å²) < 4.78 is 10.3. The number of esters is 1. The minimum absolute atomic E-state index is 0.118. The molecular weight excluding hydrogens is 364 g/mol. The van der Waals surface area contributed by atoms with E-state index < -0.39 is 5.97 Å². The van der Waals surface area contributed by atoms with E-state index >= 15 is 0 Å². The van der Waals surface area contributed by atoms with Crippen molar-refractivity contribution in [2.24, 2.45) is 0 Å². The van der Waals surface area contributed by atoms with Gasteiger partial charge >= 0.3 is 5.97 Å². The molecule has 0 aliphatic rings. The van der Waals surface area contributed by atoms with Crippen LogP contribution in [-0.4, -0.2) is 28.8 Å². The molecule has 2 rings (SSSR count). The summed E-state index contributed by atoms with van der Waals surface area (Å²) in [5, 5.41) is 9.89. The van der Waals surface area contributed by atoms with Crippen LogP contribution >= 0.6 is 15.9 Å². The summed E-state index contributed by atoms with van der Waals surface area (Å²) in [6, 6.07) is 13.6. The van der Waals surface area contributed by atoms with E-state index in [0.29, 0.717) is 0 Å². The molecule has 0 amide bonds. The minimum Gasteiger partial charge on any atom is -0.507 e. The molecule has 0 atom stereocenters. The van der Waals surface area contributed by atoms with E-state index in [-0.39, 0.29) is 41.4 Å². The van der Waals surface area contributed by atoms with Crippen LogP contribution in [0.3, 0.4) is 0 Å². The summed E-state index contributed by atoms with van der Waals surface area (Å²) >= 11 is 3.04. The van der Waals surface area contributed by atoms with Crippen molar-refractivity contribution in [3.8, 4) is 11.5 Å². The van der Waals surface area contributed by atoms with Crippen LogP contribution in [0.25, 0.3) is 0 Å². The fraction of sp³-hybridized carbons (Fsp3) is 0.176. The predicted molar refractivity (Wildman–Crippen MR) is 88.0 cm³/mol. The first-order valence-corrected chi connectivity index (χ1v) is 7.97. The molecule has 0 aromatic heterocycles.